The molecule has 1 aliphatic rings. The molecule has 1 aromatic rings. The summed E-state index contributed by atoms with van der Waals surface area (Å²) >= 11 is 0. The fourth-order valence-corrected chi connectivity index (χ4v) is 2.76. The van der Waals surface area contributed by atoms with Crippen molar-refractivity contribution in [2.75, 3.05) is 26.2 Å². The third kappa shape index (κ3) is 8.31. The number of benzene rings is 1. The maximum Gasteiger partial charge on any atom is 0.221 e. The van der Waals surface area contributed by atoms with Crippen molar-refractivity contribution in [3.63, 3.8) is 0 Å². The molecule has 1 aliphatic heterocycles. The second-order valence-corrected chi connectivity index (χ2v) is 6.00. The molecule has 0 bridgehead atoms. The van der Waals surface area contributed by atoms with Gasteiger partial charge in [-0.2, -0.15) is 0 Å². The number of amides is 1. The van der Waals surface area contributed by atoms with Crippen LogP contribution in [0.2, 0.25) is 0 Å². The number of rotatable bonds is 7. The molecule has 24 heavy (non-hydrogen) atoms. The summed E-state index contributed by atoms with van der Waals surface area (Å²) in [5, 5.41) is 12.4. The van der Waals surface area contributed by atoms with Gasteiger partial charge in [-0.1, -0.05) is 30.3 Å². The van der Waals surface area contributed by atoms with E-state index in [0.29, 0.717) is 13.0 Å². The second-order valence-electron chi connectivity index (χ2n) is 6.00. The largest absolute Gasteiger partial charge is 0.393 e. The average Bonchev–Trinajstić information content (AvgIpc) is 2.54. The minimum atomic E-state index is -0.246. The highest BCUT2D eigenvalue weighted by molar-refractivity contribution is 5.85. The fourth-order valence-electron chi connectivity index (χ4n) is 2.76. The molecule has 1 unspecified atom stereocenters. The molecule has 0 aliphatic carbocycles. The number of nitrogens with one attached hydrogen (secondary N) is 1. The highest BCUT2D eigenvalue weighted by atomic mass is 35.5. The average molecular weight is 378 g/mol. The van der Waals surface area contributed by atoms with E-state index in [9.17, 15) is 9.90 Å². The lowest BCUT2D eigenvalue weighted by Gasteiger charge is -2.29. The Bertz CT molecular complexity index is 454. The molecular formula is C17H29Cl2N3O2. The number of halogens is 2. The Morgan fingerprint density at radius 3 is 2.50 bits per heavy atom. The minimum absolute atomic E-state index is 0. The van der Waals surface area contributed by atoms with Crippen LogP contribution in [0.25, 0.3) is 0 Å². The van der Waals surface area contributed by atoms with Gasteiger partial charge in [-0.05, 0) is 31.4 Å². The zero-order chi connectivity index (χ0) is 15.8. The molecule has 7 heteroatoms. The zero-order valence-electron chi connectivity index (χ0n) is 13.9. The molecule has 138 valence electrons. The van der Waals surface area contributed by atoms with Crippen molar-refractivity contribution in [1.29, 1.82) is 0 Å². The summed E-state index contributed by atoms with van der Waals surface area (Å²) in [6.07, 6.45) is 2.84. The quantitative estimate of drug-likeness (QED) is 0.633. The highest BCUT2D eigenvalue weighted by Crippen LogP contribution is 2.13. The molecule has 1 aromatic carbocycles. The molecular weight excluding hydrogens is 349 g/mol. The van der Waals surface area contributed by atoms with Gasteiger partial charge in [0, 0.05) is 32.1 Å². The van der Waals surface area contributed by atoms with Gasteiger partial charge in [-0.15, -0.1) is 24.8 Å². The molecule has 5 nitrogen and oxygen atoms in total. The fraction of sp³-hybridized carbons (Fsp3) is 0.588. The Labute approximate surface area is 156 Å². The number of piperidine rings is 1. The molecule has 4 N–H and O–H groups in total. The first-order chi connectivity index (χ1) is 10.6. The maximum absolute atomic E-state index is 11.9. The van der Waals surface area contributed by atoms with Crippen molar-refractivity contribution in [2.24, 2.45) is 5.73 Å². The third-order valence-electron chi connectivity index (χ3n) is 4.16. The summed E-state index contributed by atoms with van der Waals surface area (Å²) in [6, 6.07) is 9.46. The summed E-state index contributed by atoms with van der Waals surface area (Å²) in [6.45, 7) is 3.55. The van der Waals surface area contributed by atoms with E-state index >= 15 is 0 Å². The lowest BCUT2D eigenvalue weighted by molar-refractivity contribution is -0.121. The SMILES string of the molecule is Cl.Cl.NC(CC(=O)NCCCN1CCC(O)CC1)c1ccccc1. The predicted octanol–water partition coefficient (Wildman–Crippen LogP) is 1.88. The van der Waals surface area contributed by atoms with Crippen LogP contribution < -0.4 is 11.1 Å². The van der Waals surface area contributed by atoms with Gasteiger partial charge in [0.15, 0.2) is 0 Å². The number of carbonyl (C=O) groups is 1. The van der Waals surface area contributed by atoms with E-state index in [1.165, 1.54) is 0 Å². The molecule has 0 saturated carbocycles. The van der Waals surface area contributed by atoms with Crippen molar-refractivity contribution >= 4 is 30.7 Å². The van der Waals surface area contributed by atoms with E-state index < -0.39 is 0 Å². The van der Waals surface area contributed by atoms with Crippen LogP contribution >= 0.6 is 24.8 Å². The first-order valence-corrected chi connectivity index (χ1v) is 8.13. The van der Waals surface area contributed by atoms with Gasteiger partial charge in [0.2, 0.25) is 5.91 Å². The van der Waals surface area contributed by atoms with Gasteiger partial charge >= 0.3 is 0 Å². The van der Waals surface area contributed by atoms with Crippen molar-refractivity contribution < 1.29 is 9.90 Å². The van der Waals surface area contributed by atoms with E-state index in [4.69, 9.17) is 5.73 Å². The van der Waals surface area contributed by atoms with Gasteiger partial charge in [0.1, 0.15) is 0 Å². The van der Waals surface area contributed by atoms with E-state index in [2.05, 4.69) is 10.2 Å². The van der Waals surface area contributed by atoms with Crippen LogP contribution in [0.5, 0.6) is 0 Å². The molecule has 1 atom stereocenters. The Morgan fingerprint density at radius 1 is 1.25 bits per heavy atom. The van der Waals surface area contributed by atoms with Crippen LogP contribution in [0.1, 0.15) is 37.3 Å². The van der Waals surface area contributed by atoms with Gasteiger partial charge in [0.25, 0.3) is 0 Å². The van der Waals surface area contributed by atoms with Gasteiger partial charge in [-0.3, -0.25) is 4.79 Å². The molecule has 1 amide bonds. The van der Waals surface area contributed by atoms with E-state index in [0.717, 1.165) is 44.5 Å². The first-order valence-electron chi connectivity index (χ1n) is 8.13. The number of nitrogens with two attached hydrogens (primary N) is 1. The predicted molar refractivity (Wildman–Crippen MR) is 102 cm³/mol. The van der Waals surface area contributed by atoms with E-state index in [1.807, 2.05) is 30.3 Å². The molecule has 0 aromatic heterocycles. The normalized spacial score (nSPS) is 16.6. The molecule has 0 radical (unpaired) electrons. The summed E-state index contributed by atoms with van der Waals surface area (Å²) < 4.78 is 0. The van der Waals surface area contributed by atoms with Crippen LogP contribution in [0.4, 0.5) is 0 Å². The van der Waals surface area contributed by atoms with Crippen molar-refractivity contribution in [3.05, 3.63) is 35.9 Å². The van der Waals surface area contributed by atoms with Crippen LogP contribution in [-0.2, 0) is 4.79 Å². The highest BCUT2D eigenvalue weighted by Gasteiger charge is 2.16. The van der Waals surface area contributed by atoms with Crippen molar-refractivity contribution in [1.82, 2.24) is 10.2 Å². The number of hydrogen-bond acceptors (Lipinski definition) is 4. The number of aliphatic hydroxyl groups excluding tert-OH is 1. The Balaban J connectivity index is 0.00000264. The first kappa shape index (κ1) is 23.1. The summed E-state index contributed by atoms with van der Waals surface area (Å²) in [5.41, 5.74) is 7.03. The standard InChI is InChI=1S/C17H27N3O2.2ClH/c18-16(14-5-2-1-3-6-14)13-17(22)19-9-4-10-20-11-7-15(21)8-12-20;;/h1-3,5-6,15-16,21H,4,7-13,18H2,(H,19,22);2*1H. The van der Waals surface area contributed by atoms with E-state index in [-0.39, 0.29) is 42.9 Å². The number of nitrogens with zero attached hydrogens (tertiary/aromatic N) is 1. The van der Waals surface area contributed by atoms with Crippen molar-refractivity contribution in [2.45, 2.75) is 37.8 Å². The molecule has 1 saturated heterocycles. The number of likely N-dealkylation sites (tertiary alicyclic amines) is 1. The van der Waals surface area contributed by atoms with Gasteiger partial charge in [-0.25, -0.2) is 0 Å². The topological polar surface area (TPSA) is 78.6 Å². The van der Waals surface area contributed by atoms with Crippen LogP contribution in [0.15, 0.2) is 30.3 Å². The van der Waals surface area contributed by atoms with Crippen LogP contribution in [0, 0.1) is 0 Å². The molecule has 1 fully saturated rings. The monoisotopic (exact) mass is 377 g/mol. The maximum atomic E-state index is 11.9. The lowest BCUT2D eigenvalue weighted by atomic mass is 10.0. The van der Waals surface area contributed by atoms with Gasteiger partial charge in [0.05, 0.1) is 6.10 Å². The molecule has 0 spiro atoms. The molecule has 1 heterocycles. The molecule has 2 rings (SSSR count). The smallest absolute Gasteiger partial charge is 0.221 e. The lowest BCUT2D eigenvalue weighted by Crippen LogP contribution is -2.37. The van der Waals surface area contributed by atoms with E-state index in [1.54, 1.807) is 0 Å². The number of aliphatic hydroxyl groups is 1. The Kier molecular flexibility index (Phi) is 12.1. The van der Waals surface area contributed by atoms with Crippen LogP contribution in [-0.4, -0.2) is 48.2 Å². The Hall–Kier alpha value is -0.850. The summed E-state index contributed by atoms with van der Waals surface area (Å²) in [4.78, 5) is 14.2. The van der Waals surface area contributed by atoms with Crippen LogP contribution in [0.3, 0.4) is 0 Å². The number of carbonyl (C=O) groups excluding carboxylic acids is 1. The number of hydrogen-bond donors (Lipinski definition) is 3. The third-order valence-corrected chi connectivity index (χ3v) is 4.16. The summed E-state index contributed by atoms with van der Waals surface area (Å²) in [7, 11) is 0. The summed E-state index contributed by atoms with van der Waals surface area (Å²) in [5.74, 6) is 0.00502. The minimum Gasteiger partial charge on any atom is -0.393 e. The zero-order valence-corrected chi connectivity index (χ0v) is 15.5. The van der Waals surface area contributed by atoms with Crippen molar-refractivity contribution in [3.8, 4) is 0 Å². The van der Waals surface area contributed by atoms with Gasteiger partial charge < -0.3 is 21.1 Å². The Morgan fingerprint density at radius 2 is 1.88 bits per heavy atom. The second kappa shape index (κ2) is 12.5.